The Labute approximate surface area is 103 Å². The average molecular weight is 251 g/mol. The third-order valence-corrected chi connectivity index (χ3v) is 2.69. The fraction of sp³-hybridized carbons (Fsp3) is 0.143. The van der Waals surface area contributed by atoms with E-state index in [9.17, 15) is 13.2 Å². The molecule has 0 aliphatic rings. The number of alkyl halides is 3. The maximum absolute atomic E-state index is 12.6. The van der Waals surface area contributed by atoms with Crippen LogP contribution in [-0.4, -0.2) is 0 Å². The van der Waals surface area contributed by atoms with Crippen molar-refractivity contribution in [3.8, 4) is 11.1 Å². The summed E-state index contributed by atoms with van der Waals surface area (Å²) in [6.45, 7) is 0.368. The summed E-state index contributed by atoms with van der Waals surface area (Å²) in [7, 11) is 0. The van der Waals surface area contributed by atoms with Crippen molar-refractivity contribution in [1.82, 2.24) is 0 Å². The molecule has 2 N–H and O–H groups in total. The van der Waals surface area contributed by atoms with Gasteiger partial charge >= 0.3 is 6.18 Å². The van der Waals surface area contributed by atoms with E-state index in [4.69, 9.17) is 5.73 Å². The molecule has 0 saturated heterocycles. The van der Waals surface area contributed by atoms with Gasteiger partial charge in [-0.15, -0.1) is 0 Å². The predicted molar refractivity (Wildman–Crippen MR) is 64.8 cm³/mol. The van der Waals surface area contributed by atoms with Crippen LogP contribution < -0.4 is 5.73 Å². The number of hydrogen-bond donors (Lipinski definition) is 1. The van der Waals surface area contributed by atoms with E-state index in [0.29, 0.717) is 12.1 Å². The minimum atomic E-state index is -4.32. The van der Waals surface area contributed by atoms with Crippen molar-refractivity contribution in [1.29, 1.82) is 0 Å². The summed E-state index contributed by atoms with van der Waals surface area (Å²) in [6.07, 6.45) is -4.32. The van der Waals surface area contributed by atoms with Crippen LogP contribution in [0.15, 0.2) is 48.5 Å². The van der Waals surface area contributed by atoms with Crippen LogP contribution in [0.1, 0.15) is 11.1 Å². The number of halogens is 3. The first kappa shape index (κ1) is 12.6. The molecule has 0 aliphatic heterocycles. The lowest BCUT2D eigenvalue weighted by Crippen LogP contribution is -2.04. The van der Waals surface area contributed by atoms with Crippen LogP contribution >= 0.6 is 0 Å². The van der Waals surface area contributed by atoms with Gasteiger partial charge in [-0.3, -0.25) is 0 Å². The molecule has 0 aromatic heterocycles. The van der Waals surface area contributed by atoms with Crippen molar-refractivity contribution in [3.63, 3.8) is 0 Å². The largest absolute Gasteiger partial charge is 0.416 e. The first-order valence-corrected chi connectivity index (χ1v) is 5.47. The molecule has 0 saturated carbocycles. The maximum atomic E-state index is 12.6. The monoisotopic (exact) mass is 251 g/mol. The summed E-state index contributed by atoms with van der Waals surface area (Å²) < 4.78 is 37.8. The highest BCUT2D eigenvalue weighted by atomic mass is 19.4. The van der Waals surface area contributed by atoms with Crippen LogP contribution in [0, 0.1) is 0 Å². The van der Waals surface area contributed by atoms with E-state index in [1.54, 1.807) is 24.3 Å². The molecule has 2 rings (SSSR count). The van der Waals surface area contributed by atoms with E-state index in [2.05, 4.69) is 0 Å². The molecule has 0 fully saturated rings. The summed E-state index contributed by atoms with van der Waals surface area (Å²) >= 11 is 0. The van der Waals surface area contributed by atoms with E-state index in [1.807, 2.05) is 6.07 Å². The molecular formula is C14H12F3N. The molecule has 0 bridgehead atoms. The molecule has 94 valence electrons. The molecule has 0 aliphatic carbocycles. The second-order valence-corrected chi connectivity index (χ2v) is 3.98. The average Bonchev–Trinajstić information content (AvgIpc) is 2.38. The lowest BCUT2D eigenvalue weighted by Gasteiger charge is -2.09. The van der Waals surface area contributed by atoms with Crippen molar-refractivity contribution in [2.24, 2.45) is 5.73 Å². The van der Waals surface area contributed by atoms with E-state index < -0.39 is 11.7 Å². The van der Waals surface area contributed by atoms with Crippen LogP contribution in [0.25, 0.3) is 11.1 Å². The van der Waals surface area contributed by atoms with Crippen LogP contribution in [0.3, 0.4) is 0 Å². The molecule has 0 radical (unpaired) electrons. The van der Waals surface area contributed by atoms with Crippen LogP contribution in [0.5, 0.6) is 0 Å². The molecule has 0 amide bonds. The van der Waals surface area contributed by atoms with Gasteiger partial charge in [-0.25, -0.2) is 0 Å². The second-order valence-electron chi connectivity index (χ2n) is 3.98. The highest BCUT2D eigenvalue weighted by molar-refractivity contribution is 5.65. The molecule has 18 heavy (non-hydrogen) atoms. The number of rotatable bonds is 2. The first-order valence-electron chi connectivity index (χ1n) is 5.47. The smallest absolute Gasteiger partial charge is 0.326 e. The molecular weight excluding hydrogens is 239 g/mol. The standard InChI is InChI=1S/C14H12F3N/c15-14(16,17)13-6-2-5-12(8-13)11-4-1-3-10(7-11)9-18/h1-8H,9,18H2. The zero-order valence-corrected chi connectivity index (χ0v) is 9.54. The van der Waals surface area contributed by atoms with Gasteiger partial charge in [-0.2, -0.15) is 13.2 Å². The van der Waals surface area contributed by atoms with E-state index in [0.717, 1.165) is 23.3 Å². The zero-order chi connectivity index (χ0) is 13.2. The molecule has 2 aromatic carbocycles. The zero-order valence-electron chi connectivity index (χ0n) is 9.54. The maximum Gasteiger partial charge on any atom is 0.416 e. The molecule has 0 heterocycles. The van der Waals surface area contributed by atoms with Crippen LogP contribution in [-0.2, 0) is 12.7 Å². The topological polar surface area (TPSA) is 26.0 Å². The summed E-state index contributed by atoms with van der Waals surface area (Å²) in [5, 5.41) is 0. The lowest BCUT2D eigenvalue weighted by atomic mass is 10.0. The van der Waals surface area contributed by atoms with E-state index in [-0.39, 0.29) is 0 Å². The summed E-state index contributed by atoms with van der Waals surface area (Å²) in [4.78, 5) is 0. The van der Waals surface area contributed by atoms with Gasteiger partial charge in [0.2, 0.25) is 0 Å². The lowest BCUT2D eigenvalue weighted by molar-refractivity contribution is -0.137. The Balaban J connectivity index is 2.44. The van der Waals surface area contributed by atoms with Gasteiger partial charge in [0, 0.05) is 6.54 Å². The Bertz CT molecular complexity index is 547. The van der Waals surface area contributed by atoms with Gasteiger partial charge in [-0.1, -0.05) is 30.3 Å². The van der Waals surface area contributed by atoms with E-state index in [1.165, 1.54) is 6.07 Å². The third kappa shape index (κ3) is 2.71. The Morgan fingerprint density at radius 1 is 0.889 bits per heavy atom. The molecule has 2 aromatic rings. The Kier molecular flexibility index (Phi) is 3.39. The van der Waals surface area contributed by atoms with Crippen molar-refractivity contribution < 1.29 is 13.2 Å². The van der Waals surface area contributed by atoms with Gasteiger partial charge < -0.3 is 5.73 Å². The van der Waals surface area contributed by atoms with Gasteiger partial charge in [-0.05, 0) is 34.9 Å². The van der Waals surface area contributed by atoms with Crippen molar-refractivity contribution >= 4 is 0 Å². The fourth-order valence-electron chi connectivity index (χ4n) is 1.75. The van der Waals surface area contributed by atoms with Gasteiger partial charge in [0.25, 0.3) is 0 Å². The normalized spacial score (nSPS) is 11.6. The molecule has 0 unspecified atom stereocenters. The summed E-state index contributed by atoms with van der Waals surface area (Å²) in [5.41, 5.74) is 7.05. The van der Waals surface area contributed by atoms with Gasteiger partial charge in [0.15, 0.2) is 0 Å². The first-order chi connectivity index (χ1) is 8.50. The number of benzene rings is 2. The molecule has 1 nitrogen and oxygen atoms in total. The highest BCUT2D eigenvalue weighted by Crippen LogP contribution is 2.32. The van der Waals surface area contributed by atoms with Crippen LogP contribution in [0.2, 0.25) is 0 Å². The van der Waals surface area contributed by atoms with Crippen molar-refractivity contribution in [2.75, 3.05) is 0 Å². The van der Waals surface area contributed by atoms with Crippen molar-refractivity contribution in [3.05, 3.63) is 59.7 Å². The summed E-state index contributed by atoms with van der Waals surface area (Å²) in [5.74, 6) is 0. The Hall–Kier alpha value is -1.81. The number of hydrogen-bond acceptors (Lipinski definition) is 1. The Morgan fingerprint density at radius 2 is 1.50 bits per heavy atom. The minimum Gasteiger partial charge on any atom is -0.326 e. The van der Waals surface area contributed by atoms with Gasteiger partial charge in [0.05, 0.1) is 5.56 Å². The quantitative estimate of drug-likeness (QED) is 0.862. The number of nitrogens with two attached hydrogens (primary N) is 1. The van der Waals surface area contributed by atoms with Crippen molar-refractivity contribution in [2.45, 2.75) is 12.7 Å². The molecule has 0 spiro atoms. The highest BCUT2D eigenvalue weighted by Gasteiger charge is 2.30. The van der Waals surface area contributed by atoms with Crippen LogP contribution in [0.4, 0.5) is 13.2 Å². The minimum absolute atomic E-state index is 0.368. The molecule has 4 heteroatoms. The predicted octanol–water partition coefficient (Wildman–Crippen LogP) is 3.83. The fourth-order valence-corrected chi connectivity index (χ4v) is 1.75. The SMILES string of the molecule is NCc1cccc(-c2cccc(C(F)(F)F)c2)c1. The second kappa shape index (κ2) is 4.82. The third-order valence-electron chi connectivity index (χ3n) is 2.69. The summed E-state index contributed by atoms with van der Waals surface area (Å²) in [6, 6.07) is 12.5. The van der Waals surface area contributed by atoms with Gasteiger partial charge in [0.1, 0.15) is 0 Å². The van der Waals surface area contributed by atoms with E-state index >= 15 is 0 Å². The Morgan fingerprint density at radius 3 is 2.11 bits per heavy atom. The molecule has 0 atom stereocenters.